The monoisotopic (exact) mass is 398 g/mol. The Morgan fingerprint density at radius 1 is 0.929 bits per heavy atom. The van der Waals surface area contributed by atoms with E-state index in [0.29, 0.717) is 16.3 Å². The Kier molecular flexibility index (Phi) is 6.24. The van der Waals surface area contributed by atoms with Crippen molar-refractivity contribution in [3.63, 3.8) is 0 Å². The number of anilines is 2. The summed E-state index contributed by atoms with van der Waals surface area (Å²) in [4.78, 5) is 24.4. The first-order valence-corrected chi connectivity index (χ1v) is 8.73. The predicted octanol–water partition coefficient (Wildman–Crippen LogP) is 4.75. The molecule has 0 bridgehead atoms. The maximum absolute atomic E-state index is 13.6. The minimum Gasteiger partial charge on any atom is -0.481 e. The number of benzene rings is 3. The Bertz CT molecular complexity index is 979. The normalized spacial score (nSPS) is 10.2. The summed E-state index contributed by atoms with van der Waals surface area (Å²) in [5.74, 6) is -1.31. The van der Waals surface area contributed by atoms with Gasteiger partial charge in [-0.15, -0.1) is 0 Å². The van der Waals surface area contributed by atoms with E-state index in [1.54, 1.807) is 54.6 Å². The Labute approximate surface area is 166 Å². The first-order chi connectivity index (χ1) is 13.5. The first kappa shape index (κ1) is 19.4. The highest BCUT2D eigenvalue weighted by Gasteiger charge is 2.12. The van der Waals surface area contributed by atoms with E-state index in [1.807, 2.05) is 0 Å². The topological polar surface area (TPSA) is 67.4 Å². The largest absolute Gasteiger partial charge is 0.481 e. The van der Waals surface area contributed by atoms with Crippen molar-refractivity contribution in [2.75, 3.05) is 17.2 Å². The first-order valence-electron chi connectivity index (χ1n) is 8.35. The molecule has 0 saturated heterocycles. The molecule has 3 rings (SSSR count). The molecule has 0 aliphatic heterocycles. The zero-order valence-corrected chi connectivity index (χ0v) is 15.4. The van der Waals surface area contributed by atoms with Gasteiger partial charge in [-0.2, -0.15) is 0 Å². The molecule has 0 radical (unpaired) electrons. The number of ether oxygens (including phenoxy) is 1. The number of carbonyl (C=O) groups is 2. The van der Waals surface area contributed by atoms with Gasteiger partial charge in [-0.25, -0.2) is 4.39 Å². The van der Waals surface area contributed by atoms with Gasteiger partial charge in [-0.3, -0.25) is 9.59 Å². The molecular formula is C21H16ClFN2O3. The van der Waals surface area contributed by atoms with E-state index in [2.05, 4.69) is 10.6 Å². The second kappa shape index (κ2) is 9.01. The Morgan fingerprint density at radius 2 is 1.64 bits per heavy atom. The number of nitrogens with one attached hydrogen (secondary N) is 2. The van der Waals surface area contributed by atoms with Gasteiger partial charge in [0.15, 0.2) is 6.61 Å². The zero-order chi connectivity index (χ0) is 19.9. The van der Waals surface area contributed by atoms with Crippen molar-refractivity contribution in [2.45, 2.75) is 0 Å². The van der Waals surface area contributed by atoms with Crippen LogP contribution in [0.25, 0.3) is 0 Å². The zero-order valence-electron chi connectivity index (χ0n) is 14.6. The standard InChI is InChI=1S/C21H16ClFN2O3/c22-15-6-9-17(10-7-15)24-20(26)13-28-19-12-16(23)8-11-18(19)25-21(27)14-4-2-1-3-5-14/h1-12H,13H2,(H,24,26)(H,25,27). The van der Waals surface area contributed by atoms with Crippen LogP contribution in [0.15, 0.2) is 72.8 Å². The fourth-order valence-corrected chi connectivity index (χ4v) is 2.50. The molecule has 2 amide bonds. The van der Waals surface area contributed by atoms with E-state index >= 15 is 0 Å². The molecule has 0 aromatic heterocycles. The molecule has 142 valence electrons. The molecule has 0 heterocycles. The Morgan fingerprint density at radius 3 is 2.36 bits per heavy atom. The lowest BCUT2D eigenvalue weighted by Crippen LogP contribution is -2.21. The SMILES string of the molecule is O=C(COc1cc(F)ccc1NC(=O)c1ccccc1)Nc1ccc(Cl)cc1. The van der Waals surface area contributed by atoms with Gasteiger partial charge in [0.2, 0.25) is 0 Å². The molecule has 28 heavy (non-hydrogen) atoms. The fraction of sp³-hybridized carbons (Fsp3) is 0.0476. The summed E-state index contributed by atoms with van der Waals surface area (Å²) in [6, 6.07) is 18.8. The second-order valence-corrected chi connectivity index (χ2v) is 6.24. The van der Waals surface area contributed by atoms with Crippen molar-refractivity contribution < 1.29 is 18.7 Å². The van der Waals surface area contributed by atoms with Crippen molar-refractivity contribution in [3.8, 4) is 5.75 Å². The van der Waals surface area contributed by atoms with Crippen LogP contribution in [0.3, 0.4) is 0 Å². The lowest BCUT2D eigenvalue weighted by atomic mass is 10.2. The van der Waals surface area contributed by atoms with Gasteiger partial charge in [0, 0.05) is 22.3 Å². The molecule has 3 aromatic rings. The number of halogens is 2. The smallest absolute Gasteiger partial charge is 0.262 e. The van der Waals surface area contributed by atoms with E-state index in [4.69, 9.17) is 16.3 Å². The molecule has 2 N–H and O–H groups in total. The molecular weight excluding hydrogens is 383 g/mol. The lowest BCUT2D eigenvalue weighted by molar-refractivity contribution is -0.118. The third-order valence-electron chi connectivity index (χ3n) is 3.71. The van der Waals surface area contributed by atoms with Crippen molar-refractivity contribution in [2.24, 2.45) is 0 Å². The van der Waals surface area contributed by atoms with Crippen molar-refractivity contribution in [1.82, 2.24) is 0 Å². The molecule has 7 heteroatoms. The third kappa shape index (κ3) is 5.31. The quantitative estimate of drug-likeness (QED) is 0.629. The second-order valence-electron chi connectivity index (χ2n) is 5.80. The van der Waals surface area contributed by atoms with Gasteiger partial charge in [-0.1, -0.05) is 29.8 Å². The molecule has 0 atom stereocenters. The maximum Gasteiger partial charge on any atom is 0.262 e. The van der Waals surface area contributed by atoms with Crippen LogP contribution in [0.4, 0.5) is 15.8 Å². The van der Waals surface area contributed by atoms with Crippen LogP contribution in [0, 0.1) is 5.82 Å². The third-order valence-corrected chi connectivity index (χ3v) is 3.97. The van der Waals surface area contributed by atoms with Crippen molar-refractivity contribution >= 4 is 34.8 Å². The van der Waals surface area contributed by atoms with Gasteiger partial charge < -0.3 is 15.4 Å². The molecule has 0 aliphatic rings. The molecule has 0 aliphatic carbocycles. The summed E-state index contributed by atoms with van der Waals surface area (Å²) in [5, 5.41) is 5.84. The molecule has 0 spiro atoms. The predicted molar refractivity (Wildman–Crippen MR) is 106 cm³/mol. The van der Waals surface area contributed by atoms with Gasteiger partial charge in [0.05, 0.1) is 5.69 Å². The van der Waals surface area contributed by atoms with Crippen LogP contribution in [-0.4, -0.2) is 18.4 Å². The van der Waals surface area contributed by atoms with Gasteiger partial charge in [0.1, 0.15) is 11.6 Å². The summed E-state index contributed by atoms with van der Waals surface area (Å²) >= 11 is 5.80. The number of rotatable bonds is 6. The van der Waals surface area contributed by atoms with Gasteiger partial charge >= 0.3 is 0 Å². The summed E-state index contributed by atoms with van der Waals surface area (Å²) < 4.78 is 19.0. The van der Waals surface area contributed by atoms with Crippen LogP contribution in [-0.2, 0) is 4.79 Å². The van der Waals surface area contributed by atoms with Crippen LogP contribution in [0.5, 0.6) is 5.75 Å². The molecule has 0 fully saturated rings. The van der Waals surface area contributed by atoms with E-state index in [1.165, 1.54) is 12.1 Å². The van der Waals surface area contributed by atoms with E-state index in [0.717, 1.165) is 6.07 Å². The van der Waals surface area contributed by atoms with Crippen LogP contribution >= 0.6 is 11.6 Å². The minimum atomic E-state index is -0.550. The summed E-state index contributed by atoms with van der Waals surface area (Å²) in [6.45, 7) is -0.361. The Balaban J connectivity index is 1.66. The molecule has 3 aromatic carbocycles. The number of hydrogen-bond donors (Lipinski definition) is 2. The van der Waals surface area contributed by atoms with Crippen molar-refractivity contribution in [3.05, 3.63) is 89.2 Å². The van der Waals surface area contributed by atoms with Gasteiger partial charge in [0.25, 0.3) is 11.8 Å². The minimum absolute atomic E-state index is 0.0514. The highest BCUT2D eigenvalue weighted by Crippen LogP contribution is 2.26. The van der Waals surface area contributed by atoms with E-state index in [9.17, 15) is 14.0 Å². The number of amides is 2. The average Bonchev–Trinajstić information content (AvgIpc) is 2.70. The van der Waals surface area contributed by atoms with Crippen LogP contribution < -0.4 is 15.4 Å². The lowest BCUT2D eigenvalue weighted by Gasteiger charge is -2.13. The van der Waals surface area contributed by atoms with Gasteiger partial charge in [-0.05, 0) is 48.5 Å². The maximum atomic E-state index is 13.6. The summed E-state index contributed by atoms with van der Waals surface area (Å²) in [7, 11) is 0. The fourth-order valence-electron chi connectivity index (χ4n) is 2.38. The summed E-state index contributed by atoms with van der Waals surface area (Å²) in [5.41, 5.74) is 1.25. The molecule has 0 saturated carbocycles. The number of carbonyl (C=O) groups excluding carboxylic acids is 2. The highest BCUT2D eigenvalue weighted by atomic mass is 35.5. The highest BCUT2D eigenvalue weighted by molar-refractivity contribution is 6.30. The van der Waals surface area contributed by atoms with E-state index in [-0.39, 0.29) is 24.0 Å². The van der Waals surface area contributed by atoms with Crippen LogP contribution in [0.1, 0.15) is 10.4 Å². The van der Waals surface area contributed by atoms with Crippen LogP contribution in [0.2, 0.25) is 5.02 Å². The average molecular weight is 399 g/mol. The summed E-state index contributed by atoms with van der Waals surface area (Å²) in [6.07, 6.45) is 0. The Hall–Kier alpha value is -3.38. The molecule has 0 unspecified atom stereocenters. The number of hydrogen-bond acceptors (Lipinski definition) is 3. The molecule has 5 nitrogen and oxygen atoms in total. The van der Waals surface area contributed by atoms with E-state index < -0.39 is 11.7 Å². The van der Waals surface area contributed by atoms with Crippen molar-refractivity contribution in [1.29, 1.82) is 0 Å².